The van der Waals surface area contributed by atoms with E-state index in [0.717, 1.165) is 109 Å². The highest BCUT2D eigenvalue weighted by Crippen LogP contribution is 2.17. The van der Waals surface area contributed by atoms with E-state index in [9.17, 15) is 19.5 Å². The van der Waals surface area contributed by atoms with E-state index in [4.69, 9.17) is 18.9 Å². The number of allylic oxidation sites excluding steroid dienone is 24. The molecule has 0 aliphatic rings. The molecule has 0 aromatic carbocycles. The maximum absolute atomic E-state index is 12.9. The Morgan fingerprint density at radius 1 is 0.360 bits per heavy atom. The lowest BCUT2D eigenvalue weighted by Gasteiger charge is -2.25. The molecule has 488 valence electrons. The third kappa shape index (κ3) is 66.7. The number of unbranched alkanes of at least 4 members (excludes halogenated alkanes) is 23. The number of esters is 2. The number of rotatable bonds is 62. The minimum atomic E-state index is -1.53. The summed E-state index contributed by atoms with van der Waals surface area (Å²) in [7, 11) is 5.95. The van der Waals surface area contributed by atoms with Gasteiger partial charge in [-0.15, -0.1) is 0 Å². The number of hydrogen-bond acceptors (Lipinski definition) is 7. The van der Waals surface area contributed by atoms with Crippen molar-refractivity contribution in [1.29, 1.82) is 0 Å². The first-order valence-electron chi connectivity index (χ1n) is 34.5. The maximum atomic E-state index is 12.9. The van der Waals surface area contributed by atoms with Gasteiger partial charge in [0.25, 0.3) is 6.29 Å². The number of carboxylic acid groups (broad SMARTS) is 1. The second kappa shape index (κ2) is 66.1. The number of aliphatic carboxylic acids is 1. The third-order valence-corrected chi connectivity index (χ3v) is 14.4. The summed E-state index contributed by atoms with van der Waals surface area (Å²) in [5, 5.41) is 9.73. The Hall–Kier alpha value is -4.83. The predicted molar refractivity (Wildman–Crippen MR) is 368 cm³/mol. The van der Waals surface area contributed by atoms with E-state index in [1.54, 1.807) is 0 Å². The second-order valence-electron chi connectivity index (χ2n) is 23.8. The van der Waals surface area contributed by atoms with Crippen molar-refractivity contribution in [2.24, 2.45) is 0 Å². The standard InChI is InChI=1S/C77H127NO8/c1-6-8-10-12-14-16-18-20-22-24-26-28-30-31-32-33-34-35-36-37-38-39-40-41-42-43-44-45-46-48-50-52-54-56-58-60-62-64-66-68-75(80)86-73(72-85-77(76(81)82)83-70-69-78(3,4)5)71-84-74(79)67-65-63-61-59-57-55-53-51-49-47-29-27-25-23-21-19-17-15-13-11-9-7-2/h8,10,14,16,20,22,26,28,31-32,34-35,37-38,40-41,43-44,46,48,52,54,58,60,73,77H,6-7,9,11-13,15,17-19,21,23-25,27,29-30,33,36,39,42,45,47,49-51,53,55-57,59,61-72H2,1-5H3/p+1/b10-8-,16-14-,22-20-,28-26-,32-31-,35-34-,38-37-,41-40-,44-43-,48-46-,54-52-,60-58-. The van der Waals surface area contributed by atoms with Crippen molar-refractivity contribution in [2.45, 2.75) is 277 Å². The van der Waals surface area contributed by atoms with Crippen LogP contribution < -0.4 is 0 Å². The topological polar surface area (TPSA) is 108 Å². The molecule has 0 aliphatic carbocycles. The Kier molecular flexibility index (Phi) is 62.4. The average Bonchev–Trinajstić information content (AvgIpc) is 3.63. The highest BCUT2D eigenvalue weighted by molar-refractivity contribution is 5.71. The van der Waals surface area contributed by atoms with Crippen LogP contribution in [0.4, 0.5) is 0 Å². The molecule has 0 saturated heterocycles. The Bertz CT molecular complexity index is 1920. The molecule has 0 bridgehead atoms. The van der Waals surface area contributed by atoms with Gasteiger partial charge in [-0.1, -0.05) is 295 Å². The molecule has 0 fully saturated rings. The van der Waals surface area contributed by atoms with Crippen LogP contribution in [0.5, 0.6) is 0 Å². The summed E-state index contributed by atoms with van der Waals surface area (Å²) in [6.45, 7) is 4.72. The zero-order valence-corrected chi connectivity index (χ0v) is 55.7. The molecule has 0 rings (SSSR count). The molecular formula is C77H128NO8+. The zero-order valence-electron chi connectivity index (χ0n) is 55.7. The summed E-state index contributed by atoms with van der Waals surface area (Å²) in [5.74, 6) is -2.07. The van der Waals surface area contributed by atoms with Crippen molar-refractivity contribution >= 4 is 17.9 Å². The van der Waals surface area contributed by atoms with Gasteiger partial charge in [0.2, 0.25) is 0 Å². The van der Waals surface area contributed by atoms with Gasteiger partial charge >= 0.3 is 17.9 Å². The van der Waals surface area contributed by atoms with Gasteiger partial charge in [0, 0.05) is 12.8 Å². The smallest absolute Gasteiger partial charge is 0.361 e. The molecule has 0 saturated carbocycles. The van der Waals surface area contributed by atoms with Crippen LogP contribution in [0.15, 0.2) is 146 Å². The molecule has 86 heavy (non-hydrogen) atoms. The molecule has 0 aliphatic heterocycles. The van der Waals surface area contributed by atoms with Crippen molar-refractivity contribution in [3.63, 3.8) is 0 Å². The highest BCUT2D eigenvalue weighted by Gasteiger charge is 2.25. The van der Waals surface area contributed by atoms with Crippen molar-refractivity contribution in [1.82, 2.24) is 0 Å². The van der Waals surface area contributed by atoms with Gasteiger partial charge in [-0.3, -0.25) is 9.59 Å². The van der Waals surface area contributed by atoms with Crippen LogP contribution in [0.1, 0.15) is 264 Å². The van der Waals surface area contributed by atoms with Gasteiger partial charge in [0.1, 0.15) is 13.2 Å². The Morgan fingerprint density at radius 3 is 0.988 bits per heavy atom. The van der Waals surface area contributed by atoms with Crippen LogP contribution in [0, 0.1) is 0 Å². The predicted octanol–water partition coefficient (Wildman–Crippen LogP) is 21.5. The van der Waals surface area contributed by atoms with Gasteiger partial charge in [-0.2, -0.15) is 0 Å². The van der Waals surface area contributed by atoms with Crippen LogP contribution in [-0.4, -0.2) is 87.4 Å². The molecule has 0 heterocycles. The lowest BCUT2D eigenvalue weighted by atomic mass is 10.0. The van der Waals surface area contributed by atoms with E-state index in [1.165, 1.54) is 122 Å². The Labute approximate surface area is 528 Å². The number of ether oxygens (including phenoxy) is 4. The minimum absolute atomic E-state index is 0.173. The van der Waals surface area contributed by atoms with E-state index in [0.29, 0.717) is 17.4 Å². The molecule has 0 aromatic rings. The summed E-state index contributed by atoms with van der Waals surface area (Å²) < 4.78 is 22.9. The first-order valence-corrected chi connectivity index (χ1v) is 34.5. The fourth-order valence-corrected chi connectivity index (χ4v) is 9.11. The fraction of sp³-hybridized carbons (Fsp3) is 0.649. The normalized spacial score (nSPS) is 13.6. The van der Waals surface area contributed by atoms with Crippen LogP contribution >= 0.6 is 0 Å². The molecule has 1 N–H and O–H groups in total. The van der Waals surface area contributed by atoms with E-state index in [1.807, 2.05) is 21.1 Å². The Balaban J connectivity index is 4.27. The molecule has 0 aromatic heterocycles. The first kappa shape index (κ1) is 81.2. The maximum Gasteiger partial charge on any atom is 0.361 e. The van der Waals surface area contributed by atoms with Crippen LogP contribution in [0.3, 0.4) is 0 Å². The van der Waals surface area contributed by atoms with Crippen molar-refractivity contribution < 1.29 is 42.9 Å². The third-order valence-electron chi connectivity index (χ3n) is 14.4. The summed E-state index contributed by atoms with van der Waals surface area (Å²) in [6.07, 6.45) is 93.9. The lowest BCUT2D eigenvalue weighted by Crippen LogP contribution is -2.40. The molecular weight excluding hydrogens is 1070 g/mol. The number of hydrogen-bond donors (Lipinski definition) is 1. The number of carbonyl (C=O) groups is 3. The molecule has 2 unspecified atom stereocenters. The lowest BCUT2D eigenvalue weighted by molar-refractivity contribution is -0.870. The number of carboxylic acids is 1. The highest BCUT2D eigenvalue weighted by atomic mass is 16.7. The van der Waals surface area contributed by atoms with E-state index in [-0.39, 0.29) is 38.6 Å². The Morgan fingerprint density at radius 2 is 0.663 bits per heavy atom. The summed E-state index contributed by atoms with van der Waals surface area (Å²) in [5.41, 5.74) is 0. The van der Waals surface area contributed by atoms with Crippen LogP contribution in [0.2, 0.25) is 0 Å². The van der Waals surface area contributed by atoms with Crippen molar-refractivity contribution in [3.8, 4) is 0 Å². The van der Waals surface area contributed by atoms with Gasteiger partial charge in [-0.05, 0) is 103 Å². The van der Waals surface area contributed by atoms with Crippen molar-refractivity contribution in [2.75, 3.05) is 47.5 Å². The number of nitrogens with zero attached hydrogens (tertiary/aromatic N) is 1. The number of likely N-dealkylation sites (N-methyl/N-ethyl adjacent to an activating group) is 1. The van der Waals surface area contributed by atoms with Gasteiger partial charge < -0.3 is 28.5 Å². The van der Waals surface area contributed by atoms with Crippen LogP contribution in [0.25, 0.3) is 0 Å². The summed E-state index contributed by atoms with van der Waals surface area (Å²) >= 11 is 0. The number of quaternary nitrogens is 1. The molecule has 0 radical (unpaired) electrons. The van der Waals surface area contributed by atoms with E-state index < -0.39 is 24.3 Å². The van der Waals surface area contributed by atoms with Crippen LogP contribution in [-0.2, 0) is 33.3 Å². The molecule has 0 amide bonds. The molecule has 0 spiro atoms. The zero-order chi connectivity index (χ0) is 62.6. The summed E-state index contributed by atoms with van der Waals surface area (Å²) in [6, 6.07) is 0. The van der Waals surface area contributed by atoms with Gasteiger partial charge in [0.05, 0.1) is 34.4 Å². The SMILES string of the molecule is CC/C=C\C/C=C\C/C=C\C/C=C\C/C=C\C/C=C\C/C=C\C/C=C\C/C=C\C/C=C\C/C=C\C/C=C\CCCCC(=O)OC(COC(=O)CCCCCCCCCCCCCCCCCCCCCCCC)COC(OCC[N+](C)(C)C)C(=O)O. The molecule has 9 heteroatoms. The molecule has 2 atom stereocenters. The average molecular weight is 1200 g/mol. The monoisotopic (exact) mass is 1190 g/mol. The van der Waals surface area contributed by atoms with Gasteiger partial charge in [-0.25, -0.2) is 4.79 Å². The first-order chi connectivity index (χ1) is 42.1. The fourth-order valence-electron chi connectivity index (χ4n) is 9.11. The minimum Gasteiger partial charge on any atom is -0.477 e. The quantitative estimate of drug-likeness (QED) is 0.0211. The van der Waals surface area contributed by atoms with E-state index >= 15 is 0 Å². The van der Waals surface area contributed by atoms with Crippen molar-refractivity contribution in [3.05, 3.63) is 146 Å². The molecule has 9 nitrogen and oxygen atoms in total. The second-order valence-corrected chi connectivity index (χ2v) is 23.8. The summed E-state index contributed by atoms with van der Waals surface area (Å²) in [4.78, 5) is 37.6. The largest absolute Gasteiger partial charge is 0.477 e. The number of carbonyl (C=O) groups excluding carboxylic acids is 2. The van der Waals surface area contributed by atoms with E-state index in [2.05, 4.69) is 160 Å². The van der Waals surface area contributed by atoms with Gasteiger partial charge in [0.15, 0.2) is 6.10 Å².